The molecule has 0 aliphatic rings. The zero-order valence-electron chi connectivity index (χ0n) is 17.5. The van der Waals surface area contributed by atoms with E-state index >= 15 is 0 Å². The van der Waals surface area contributed by atoms with Crippen LogP contribution < -0.4 is 0 Å². The maximum absolute atomic E-state index is 12.9. The number of rotatable bonds is 6. The topological polar surface area (TPSA) is 94.1 Å². The number of carbonyl (C=O) groups is 1. The van der Waals surface area contributed by atoms with E-state index in [2.05, 4.69) is 25.1 Å². The number of benzene rings is 1. The van der Waals surface area contributed by atoms with Crippen LogP contribution in [-0.2, 0) is 11.2 Å². The molecular weight excluding hydrogens is 380 g/mol. The third-order valence-corrected chi connectivity index (χ3v) is 5.61. The van der Waals surface area contributed by atoms with Gasteiger partial charge >= 0.3 is 0 Å². The van der Waals surface area contributed by atoms with Crippen LogP contribution in [0.1, 0.15) is 41.9 Å². The maximum Gasteiger partial charge on any atom is 0.252 e. The van der Waals surface area contributed by atoms with Gasteiger partial charge in [-0.15, -0.1) is 0 Å². The number of fused-ring (bicyclic) bond motifs is 1. The minimum atomic E-state index is -0.0413. The molecule has 0 aliphatic carbocycles. The highest BCUT2D eigenvalue weighted by Crippen LogP contribution is 2.22. The summed E-state index contributed by atoms with van der Waals surface area (Å²) in [4.78, 5) is 27.2. The molecule has 0 spiro atoms. The average molecular weight is 404 g/mol. The molecule has 9 heteroatoms. The largest absolute Gasteiger partial charge is 0.339 e. The lowest BCUT2D eigenvalue weighted by Gasteiger charge is -2.26. The predicted octanol–water partition coefficient (Wildman–Crippen LogP) is 2.47. The van der Waals surface area contributed by atoms with Crippen molar-refractivity contribution in [1.82, 2.24) is 39.2 Å². The van der Waals surface area contributed by atoms with Crippen molar-refractivity contribution in [3.8, 4) is 5.69 Å². The minimum Gasteiger partial charge on any atom is -0.339 e. The SMILES string of the molecule is Cc1nc2ncnn2c(C)c1CCC(=O)N(C)[C@@H](C)c1ccc(-n2cncn2)cc1. The van der Waals surface area contributed by atoms with Crippen molar-refractivity contribution < 1.29 is 4.79 Å². The van der Waals surface area contributed by atoms with E-state index in [0.29, 0.717) is 18.6 Å². The monoisotopic (exact) mass is 404 g/mol. The summed E-state index contributed by atoms with van der Waals surface area (Å²) in [6.45, 7) is 5.96. The Kier molecular flexibility index (Phi) is 5.26. The van der Waals surface area contributed by atoms with Crippen molar-refractivity contribution in [3.63, 3.8) is 0 Å². The third-order valence-electron chi connectivity index (χ3n) is 5.61. The van der Waals surface area contributed by atoms with Gasteiger partial charge in [-0.3, -0.25) is 4.79 Å². The fourth-order valence-corrected chi connectivity index (χ4v) is 3.61. The average Bonchev–Trinajstić information content (AvgIpc) is 3.44. The zero-order valence-corrected chi connectivity index (χ0v) is 17.5. The van der Waals surface area contributed by atoms with Gasteiger partial charge in [0, 0.05) is 24.9 Å². The Balaban J connectivity index is 1.43. The molecule has 0 radical (unpaired) electrons. The van der Waals surface area contributed by atoms with Crippen molar-refractivity contribution in [2.45, 2.75) is 39.7 Å². The first-order valence-electron chi connectivity index (χ1n) is 9.82. The van der Waals surface area contributed by atoms with E-state index in [0.717, 1.165) is 28.2 Å². The molecule has 0 bridgehead atoms. The molecule has 0 N–H and O–H groups in total. The van der Waals surface area contributed by atoms with E-state index in [1.54, 1.807) is 20.4 Å². The number of carbonyl (C=O) groups excluding carboxylic acids is 1. The lowest BCUT2D eigenvalue weighted by atomic mass is 10.0. The fraction of sp³-hybridized carbons (Fsp3) is 0.333. The molecule has 0 saturated heterocycles. The van der Waals surface area contributed by atoms with E-state index in [1.165, 1.54) is 12.7 Å². The number of aryl methyl sites for hydroxylation is 2. The van der Waals surface area contributed by atoms with Gasteiger partial charge in [0.2, 0.25) is 5.91 Å². The molecule has 1 aromatic carbocycles. The van der Waals surface area contributed by atoms with Gasteiger partial charge in [-0.05, 0) is 50.5 Å². The highest BCUT2D eigenvalue weighted by Gasteiger charge is 2.19. The Morgan fingerprint density at radius 3 is 2.60 bits per heavy atom. The van der Waals surface area contributed by atoms with Gasteiger partial charge in [0.15, 0.2) is 0 Å². The molecule has 0 saturated carbocycles. The van der Waals surface area contributed by atoms with Crippen LogP contribution in [0.5, 0.6) is 0 Å². The summed E-state index contributed by atoms with van der Waals surface area (Å²) in [7, 11) is 1.84. The second kappa shape index (κ2) is 8.02. The fourth-order valence-electron chi connectivity index (χ4n) is 3.61. The molecular formula is C21H24N8O. The number of hydrogen-bond acceptors (Lipinski definition) is 6. The number of hydrogen-bond donors (Lipinski definition) is 0. The van der Waals surface area contributed by atoms with Crippen LogP contribution in [0.3, 0.4) is 0 Å². The first kappa shape index (κ1) is 19.7. The van der Waals surface area contributed by atoms with Crippen molar-refractivity contribution in [2.24, 2.45) is 0 Å². The van der Waals surface area contributed by atoms with Gasteiger partial charge in [-0.25, -0.2) is 19.2 Å². The second-order valence-electron chi connectivity index (χ2n) is 7.35. The van der Waals surface area contributed by atoms with Crippen LogP contribution in [0.15, 0.2) is 43.2 Å². The summed E-state index contributed by atoms with van der Waals surface area (Å²) in [5.74, 6) is 0.667. The van der Waals surface area contributed by atoms with E-state index < -0.39 is 0 Å². The van der Waals surface area contributed by atoms with Crippen molar-refractivity contribution in [1.29, 1.82) is 0 Å². The summed E-state index contributed by atoms with van der Waals surface area (Å²) in [6.07, 6.45) is 5.67. The lowest BCUT2D eigenvalue weighted by Crippen LogP contribution is -2.30. The highest BCUT2D eigenvalue weighted by atomic mass is 16.2. The Morgan fingerprint density at radius 1 is 1.13 bits per heavy atom. The summed E-state index contributed by atoms with van der Waals surface area (Å²) < 4.78 is 3.42. The third kappa shape index (κ3) is 3.66. The quantitative estimate of drug-likeness (QED) is 0.490. The van der Waals surface area contributed by atoms with Crippen LogP contribution >= 0.6 is 0 Å². The molecule has 4 aromatic rings. The Hall–Kier alpha value is -3.62. The molecule has 154 valence electrons. The van der Waals surface area contributed by atoms with Gasteiger partial charge in [0.05, 0.1) is 11.7 Å². The zero-order chi connectivity index (χ0) is 21.3. The minimum absolute atomic E-state index is 0.0413. The molecule has 1 amide bonds. The van der Waals surface area contributed by atoms with E-state index in [1.807, 2.05) is 52.1 Å². The van der Waals surface area contributed by atoms with Crippen molar-refractivity contribution in [2.75, 3.05) is 7.05 Å². The lowest BCUT2D eigenvalue weighted by molar-refractivity contribution is -0.131. The predicted molar refractivity (Wildman–Crippen MR) is 111 cm³/mol. The summed E-state index contributed by atoms with van der Waals surface area (Å²) in [5.41, 5.74) is 4.90. The normalized spacial score (nSPS) is 12.3. The van der Waals surface area contributed by atoms with Gasteiger partial charge in [-0.2, -0.15) is 15.2 Å². The number of aromatic nitrogens is 7. The first-order chi connectivity index (χ1) is 14.5. The Bertz CT molecular complexity index is 1160. The van der Waals surface area contributed by atoms with Crippen LogP contribution in [0.2, 0.25) is 0 Å². The maximum atomic E-state index is 12.9. The van der Waals surface area contributed by atoms with Crippen LogP contribution in [0, 0.1) is 13.8 Å². The molecule has 1 atom stereocenters. The molecule has 4 rings (SSSR count). The molecule has 3 heterocycles. The van der Waals surface area contributed by atoms with E-state index in [4.69, 9.17) is 0 Å². The molecule has 0 fully saturated rings. The molecule has 0 unspecified atom stereocenters. The van der Waals surface area contributed by atoms with Gasteiger partial charge in [-0.1, -0.05) is 12.1 Å². The van der Waals surface area contributed by atoms with Crippen LogP contribution in [0.25, 0.3) is 11.5 Å². The van der Waals surface area contributed by atoms with Crippen LogP contribution in [0.4, 0.5) is 0 Å². The van der Waals surface area contributed by atoms with Gasteiger partial charge < -0.3 is 4.90 Å². The summed E-state index contributed by atoms with van der Waals surface area (Å²) in [6, 6.07) is 7.94. The summed E-state index contributed by atoms with van der Waals surface area (Å²) >= 11 is 0. The van der Waals surface area contributed by atoms with Crippen molar-refractivity contribution >= 4 is 11.7 Å². The van der Waals surface area contributed by atoms with Crippen LogP contribution in [-0.4, -0.2) is 52.2 Å². The van der Waals surface area contributed by atoms with Crippen molar-refractivity contribution in [3.05, 3.63) is 65.8 Å². The first-order valence-corrected chi connectivity index (χ1v) is 9.82. The Morgan fingerprint density at radius 2 is 1.90 bits per heavy atom. The highest BCUT2D eigenvalue weighted by molar-refractivity contribution is 5.76. The van der Waals surface area contributed by atoms with Gasteiger partial charge in [0.1, 0.15) is 19.0 Å². The smallest absolute Gasteiger partial charge is 0.252 e. The standard InChI is InChI=1S/C21H24N8O/c1-14-19(16(3)29-21(26-14)23-12-25-29)9-10-20(30)27(4)15(2)17-5-7-18(8-6-17)28-13-22-11-24-28/h5-8,11-13,15H,9-10H2,1-4H3/t15-/m0/s1. The molecule has 9 nitrogen and oxygen atoms in total. The second-order valence-corrected chi connectivity index (χ2v) is 7.35. The number of nitrogens with zero attached hydrogens (tertiary/aromatic N) is 8. The van der Waals surface area contributed by atoms with E-state index in [-0.39, 0.29) is 11.9 Å². The molecule has 30 heavy (non-hydrogen) atoms. The van der Waals surface area contributed by atoms with Gasteiger partial charge in [0.25, 0.3) is 5.78 Å². The van der Waals surface area contributed by atoms with E-state index in [9.17, 15) is 4.79 Å². The Labute approximate surface area is 174 Å². The number of amides is 1. The molecule has 3 aromatic heterocycles. The summed E-state index contributed by atoms with van der Waals surface area (Å²) in [5, 5.41) is 8.35. The molecule has 0 aliphatic heterocycles.